The number of nitrogens with zero attached hydrogens (tertiary/aromatic N) is 1. The summed E-state index contributed by atoms with van der Waals surface area (Å²) in [7, 11) is 0. The smallest absolute Gasteiger partial charge is 0.187 e. The minimum Gasteiger partial charge on any atom is -0.358 e. The topological polar surface area (TPSA) is 36.4 Å². The summed E-state index contributed by atoms with van der Waals surface area (Å²) < 4.78 is 0. The zero-order chi connectivity index (χ0) is 12.5. The van der Waals surface area contributed by atoms with E-state index in [1.165, 1.54) is 5.56 Å². The van der Waals surface area contributed by atoms with Crippen LogP contribution < -0.4 is 10.7 Å². The summed E-state index contributed by atoms with van der Waals surface area (Å²) in [5.41, 5.74) is 3.99. The van der Waals surface area contributed by atoms with Crippen LogP contribution in [0.2, 0.25) is 0 Å². The molecule has 1 rings (SSSR count). The van der Waals surface area contributed by atoms with Crippen LogP contribution in [-0.4, -0.2) is 17.9 Å². The van der Waals surface area contributed by atoms with Crippen molar-refractivity contribution in [1.82, 2.24) is 10.7 Å². The molecular formula is C13H17N3S. The van der Waals surface area contributed by atoms with E-state index in [0.29, 0.717) is 11.7 Å². The van der Waals surface area contributed by atoms with Gasteiger partial charge < -0.3 is 5.32 Å². The fourth-order valence-electron chi connectivity index (χ4n) is 1.25. The predicted octanol–water partition coefficient (Wildman–Crippen LogP) is 2.43. The highest BCUT2D eigenvalue weighted by molar-refractivity contribution is 7.80. The van der Waals surface area contributed by atoms with Crippen molar-refractivity contribution in [2.45, 2.75) is 12.8 Å². The first-order valence-corrected chi connectivity index (χ1v) is 5.87. The molecule has 0 aliphatic heterocycles. The van der Waals surface area contributed by atoms with Crippen LogP contribution in [-0.2, 0) is 0 Å². The predicted molar refractivity (Wildman–Crippen MR) is 77.3 cm³/mol. The second kappa shape index (κ2) is 7.57. The van der Waals surface area contributed by atoms with Gasteiger partial charge in [-0.05, 0) is 17.8 Å². The van der Waals surface area contributed by atoms with Crippen LogP contribution in [0.5, 0.6) is 0 Å². The summed E-state index contributed by atoms with van der Waals surface area (Å²) in [6.45, 7) is 6.31. The fourth-order valence-corrected chi connectivity index (χ4v) is 1.39. The van der Waals surface area contributed by atoms with Crippen LogP contribution >= 0.6 is 12.2 Å². The Labute approximate surface area is 108 Å². The monoisotopic (exact) mass is 247 g/mol. The molecule has 0 radical (unpaired) electrons. The Hall–Kier alpha value is -1.68. The second-order valence-corrected chi connectivity index (χ2v) is 4.00. The zero-order valence-electron chi connectivity index (χ0n) is 9.89. The third kappa shape index (κ3) is 5.26. The van der Waals surface area contributed by atoms with E-state index in [-0.39, 0.29) is 5.92 Å². The van der Waals surface area contributed by atoms with E-state index < -0.39 is 0 Å². The van der Waals surface area contributed by atoms with Gasteiger partial charge in [0.05, 0.1) is 0 Å². The number of benzene rings is 1. The number of nitrogens with one attached hydrogen (secondary N) is 2. The maximum atomic E-state index is 5.00. The molecule has 90 valence electrons. The standard InChI is InChI=1S/C13H17N3S/c1-3-9-14-13(17)16-15-10-11(2)12-7-5-4-6-8-12/h3-8,10-11H,1,9H2,2H3,(H2,14,16,17)/b15-10-/t11-/m1/s1. The van der Waals surface area contributed by atoms with Crippen molar-refractivity contribution in [2.24, 2.45) is 5.10 Å². The SMILES string of the molecule is C=CCNC(=S)N/N=C\[C@@H](C)c1ccccc1. The molecule has 0 saturated heterocycles. The van der Waals surface area contributed by atoms with E-state index in [4.69, 9.17) is 12.2 Å². The summed E-state index contributed by atoms with van der Waals surface area (Å²) in [6, 6.07) is 10.2. The lowest BCUT2D eigenvalue weighted by molar-refractivity contribution is 0.924. The minimum absolute atomic E-state index is 0.255. The van der Waals surface area contributed by atoms with Gasteiger partial charge in [0.2, 0.25) is 0 Å². The van der Waals surface area contributed by atoms with Crippen LogP contribution in [0.15, 0.2) is 48.1 Å². The van der Waals surface area contributed by atoms with Crippen molar-refractivity contribution in [1.29, 1.82) is 0 Å². The number of hydrogen-bond donors (Lipinski definition) is 2. The van der Waals surface area contributed by atoms with Crippen molar-refractivity contribution < 1.29 is 0 Å². The highest BCUT2D eigenvalue weighted by atomic mass is 32.1. The Kier molecular flexibility index (Phi) is 5.96. The summed E-state index contributed by atoms with van der Waals surface area (Å²) in [4.78, 5) is 0. The average Bonchev–Trinajstić information content (AvgIpc) is 2.37. The van der Waals surface area contributed by atoms with Gasteiger partial charge in [0.15, 0.2) is 5.11 Å². The first-order valence-electron chi connectivity index (χ1n) is 5.47. The molecule has 4 heteroatoms. The first-order chi connectivity index (χ1) is 8.24. The van der Waals surface area contributed by atoms with Gasteiger partial charge in [-0.15, -0.1) is 6.58 Å². The molecule has 0 amide bonds. The molecule has 0 aromatic heterocycles. The van der Waals surface area contributed by atoms with Gasteiger partial charge in [-0.3, -0.25) is 5.43 Å². The van der Waals surface area contributed by atoms with Crippen LogP contribution in [0.25, 0.3) is 0 Å². The number of hydrazone groups is 1. The summed E-state index contributed by atoms with van der Waals surface area (Å²) >= 11 is 5.00. The summed E-state index contributed by atoms with van der Waals surface area (Å²) in [6.07, 6.45) is 3.57. The summed E-state index contributed by atoms with van der Waals surface area (Å²) in [5, 5.41) is 7.52. The Bertz CT molecular complexity index is 387. The third-order valence-corrected chi connectivity index (χ3v) is 2.43. The molecule has 3 nitrogen and oxygen atoms in total. The molecule has 0 heterocycles. The second-order valence-electron chi connectivity index (χ2n) is 3.59. The quantitative estimate of drug-likeness (QED) is 0.363. The van der Waals surface area contributed by atoms with Gasteiger partial charge in [0, 0.05) is 18.7 Å². The summed E-state index contributed by atoms with van der Waals surface area (Å²) in [5.74, 6) is 0.255. The van der Waals surface area contributed by atoms with Gasteiger partial charge >= 0.3 is 0 Å². The molecule has 0 saturated carbocycles. The number of thiocarbonyl (C=S) groups is 1. The van der Waals surface area contributed by atoms with E-state index in [1.807, 2.05) is 24.4 Å². The normalized spacial score (nSPS) is 12.1. The highest BCUT2D eigenvalue weighted by Crippen LogP contribution is 2.11. The van der Waals surface area contributed by atoms with E-state index in [1.54, 1.807) is 6.08 Å². The van der Waals surface area contributed by atoms with Gasteiger partial charge in [-0.1, -0.05) is 43.3 Å². The Morgan fingerprint density at radius 2 is 2.18 bits per heavy atom. The Morgan fingerprint density at radius 1 is 1.47 bits per heavy atom. The van der Waals surface area contributed by atoms with Gasteiger partial charge in [0.25, 0.3) is 0 Å². The fraction of sp³-hybridized carbons (Fsp3) is 0.231. The van der Waals surface area contributed by atoms with E-state index >= 15 is 0 Å². The van der Waals surface area contributed by atoms with Crippen molar-refractivity contribution in [3.05, 3.63) is 48.6 Å². The molecule has 0 unspecified atom stereocenters. The number of hydrogen-bond acceptors (Lipinski definition) is 2. The van der Waals surface area contributed by atoms with E-state index in [0.717, 1.165) is 0 Å². The van der Waals surface area contributed by atoms with Crippen LogP contribution in [0.3, 0.4) is 0 Å². The lowest BCUT2D eigenvalue weighted by atomic mass is 10.0. The van der Waals surface area contributed by atoms with Crippen LogP contribution in [0.4, 0.5) is 0 Å². The maximum Gasteiger partial charge on any atom is 0.187 e. The minimum atomic E-state index is 0.255. The molecule has 0 aliphatic carbocycles. The van der Waals surface area contributed by atoms with Crippen molar-refractivity contribution in [3.8, 4) is 0 Å². The molecular weight excluding hydrogens is 230 g/mol. The van der Waals surface area contributed by atoms with Crippen molar-refractivity contribution in [3.63, 3.8) is 0 Å². The molecule has 0 bridgehead atoms. The largest absolute Gasteiger partial charge is 0.358 e. The molecule has 0 fully saturated rings. The van der Waals surface area contributed by atoms with Gasteiger partial charge in [0.1, 0.15) is 0 Å². The molecule has 1 atom stereocenters. The van der Waals surface area contributed by atoms with Crippen LogP contribution in [0.1, 0.15) is 18.4 Å². The Morgan fingerprint density at radius 3 is 2.82 bits per heavy atom. The number of rotatable bonds is 5. The van der Waals surface area contributed by atoms with Gasteiger partial charge in [-0.25, -0.2) is 0 Å². The van der Waals surface area contributed by atoms with Crippen LogP contribution in [0, 0.1) is 0 Å². The molecule has 0 aliphatic rings. The van der Waals surface area contributed by atoms with Crippen molar-refractivity contribution in [2.75, 3.05) is 6.54 Å². The zero-order valence-corrected chi connectivity index (χ0v) is 10.7. The molecule has 0 spiro atoms. The maximum absolute atomic E-state index is 5.00. The lowest BCUT2D eigenvalue weighted by Crippen LogP contribution is -2.32. The highest BCUT2D eigenvalue weighted by Gasteiger charge is 2.00. The molecule has 2 N–H and O–H groups in total. The van der Waals surface area contributed by atoms with E-state index in [2.05, 4.69) is 41.5 Å². The molecule has 1 aromatic rings. The average molecular weight is 247 g/mol. The van der Waals surface area contributed by atoms with Gasteiger partial charge in [-0.2, -0.15) is 5.10 Å². The lowest BCUT2D eigenvalue weighted by Gasteiger charge is -2.06. The first kappa shape index (κ1) is 13.4. The molecule has 1 aromatic carbocycles. The van der Waals surface area contributed by atoms with Crippen molar-refractivity contribution >= 4 is 23.5 Å². The third-order valence-electron chi connectivity index (χ3n) is 2.20. The Balaban J connectivity index is 2.38. The molecule has 17 heavy (non-hydrogen) atoms. The van der Waals surface area contributed by atoms with E-state index in [9.17, 15) is 0 Å².